The van der Waals surface area contributed by atoms with Crippen LogP contribution in [0.4, 0.5) is 11.5 Å². The second kappa shape index (κ2) is 9.58. The van der Waals surface area contributed by atoms with Gasteiger partial charge in [-0.25, -0.2) is 4.98 Å². The average molecular weight is 458 g/mol. The van der Waals surface area contributed by atoms with E-state index in [0.717, 1.165) is 53.0 Å². The Balaban J connectivity index is 1.36. The van der Waals surface area contributed by atoms with Crippen molar-refractivity contribution in [2.45, 2.75) is 6.54 Å². The van der Waals surface area contributed by atoms with Crippen LogP contribution in [0, 0.1) is 0 Å². The molecular formula is C25H27N7O2. The number of anilines is 2. The third-order valence-electron chi connectivity index (χ3n) is 5.75. The zero-order valence-electron chi connectivity index (χ0n) is 19.3. The fourth-order valence-electron chi connectivity index (χ4n) is 4.09. The molecule has 34 heavy (non-hydrogen) atoms. The molecule has 1 aliphatic heterocycles. The first-order valence-electron chi connectivity index (χ1n) is 11.2. The number of nitrogens with one attached hydrogen (secondary N) is 2. The summed E-state index contributed by atoms with van der Waals surface area (Å²) >= 11 is 0. The minimum Gasteiger partial charge on any atom is -0.378 e. The van der Waals surface area contributed by atoms with Gasteiger partial charge in [0.05, 0.1) is 30.6 Å². The van der Waals surface area contributed by atoms with Crippen molar-refractivity contribution < 1.29 is 9.53 Å². The molecule has 1 aromatic carbocycles. The van der Waals surface area contributed by atoms with Crippen LogP contribution in [0.25, 0.3) is 22.0 Å². The Hall–Kier alpha value is -3.82. The van der Waals surface area contributed by atoms with Crippen molar-refractivity contribution in [3.05, 3.63) is 66.2 Å². The first-order chi connectivity index (χ1) is 16.6. The number of ether oxygens (including phenoxy) is 1. The summed E-state index contributed by atoms with van der Waals surface area (Å²) in [5, 5.41) is 10.9. The molecule has 1 amide bonds. The Morgan fingerprint density at radius 1 is 1.09 bits per heavy atom. The molecule has 0 atom stereocenters. The Bertz CT molecular complexity index is 1290. The van der Waals surface area contributed by atoms with E-state index in [-0.39, 0.29) is 5.91 Å². The molecule has 9 nitrogen and oxygen atoms in total. The van der Waals surface area contributed by atoms with Gasteiger partial charge in [0, 0.05) is 43.0 Å². The molecule has 5 rings (SSSR count). The molecule has 0 radical (unpaired) electrons. The fourth-order valence-corrected chi connectivity index (χ4v) is 4.09. The van der Waals surface area contributed by atoms with Crippen molar-refractivity contribution in [1.29, 1.82) is 0 Å². The number of morpholine rings is 1. The number of aromatic nitrogens is 4. The molecule has 0 bridgehead atoms. The molecule has 174 valence electrons. The maximum atomic E-state index is 13.0. The van der Waals surface area contributed by atoms with E-state index < -0.39 is 0 Å². The van der Waals surface area contributed by atoms with Gasteiger partial charge in [0.15, 0.2) is 5.69 Å². The molecule has 1 saturated heterocycles. The largest absolute Gasteiger partial charge is 0.378 e. The van der Waals surface area contributed by atoms with Crippen molar-refractivity contribution in [3.63, 3.8) is 0 Å². The van der Waals surface area contributed by atoms with Gasteiger partial charge in [-0.3, -0.25) is 14.9 Å². The number of benzene rings is 1. The Morgan fingerprint density at radius 2 is 1.94 bits per heavy atom. The van der Waals surface area contributed by atoms with E-state index in [1.807, 2.05) is 56.8 Å². The minimum absolute atomic E-state index is 0.288. The van der Waals surface area contributed by atoms with Crippen LogP contribution >= 0.6 is 0 Å². The van der Waals surface area contributed by atoms with E-state index in [0.29, 0.717) is 24.6 Å². The third-order valence-corrected chi connectivity index (χ3v) is 5.75. The van der Waals surface area contributed by atoms with E-state index in [2.05, 4.69) is 41.3 Å². The molecular weight excluding hydrogens is 430 g/mol. The van der Waals surface area contributed by atoms with Gasteiger partial charge in [0.25, 0.3) is 5.91 Å². The quantitative estimate of drug-likeness (QED) is 0.459. The van der Waals surface area contributed by atoms with Crippen LogP contribution in [0.15, 0.2) is 55.0 Å². The smallest absolute Gasteiger partial charge is 0.276 e. The number of carbonyl (C=O) groups excluding carboxylic acids is 1. The Kier molecular flexibility index (Phi) is 6.20. The number of pyridine rings is 2. The summed E-state index contributed by atoms with van der Waals surface area (Å²) in [7, 11) is 4.06. The van der Waals surface area contributed by atoms with Crippen LogP contribution < -0.4 is 10.2 Å². The van der Waals surface area contributed by atoms with Gasteiger partial charge in [-0.1, -0.05) is 6.07 Å². The van der Waals surface area contributed by atoms with Gasteiger partial charge in [0.2, 0.25) is 0 Å². The lowest BCUT2D eigenvalue weighted by Gasteiger charge is -2.27. The van der Waals surface area contributed by atoms with Gasteiger partial charge < -0.3 is 19.9 Å². The molecule has 0 spiro atoms. The zero-order valence-corrected chi connectivity index (χ0v) is 19.3. The summed E-state index contributed by atoms with van der Waals surface area (Å²) in [4.78, 5) is 26.2. The van der Waals surface area contributed by atoms with Crippen molar-refractivity contribution in [3.8, 4) is 11.1 Å². The van der Waals surface area contributed by atoms with Gasteiger partial charge in [0.1, 0.15) is 5.82 Å². The normalized spacial score (nSPS) is 14.0. The van der Waals surface area contributed by atoms with Gasteiger partial charge in [-0.2, -0.15) is 5.10 Å². The van der Waals surface area contributed by atoms with Crippen LogP contribution in [0.1, 0.15) is 16.1 Å². The summed E-state index contributed by atoms with van der Waals surface area (Å²) in [6.45, 7) is 3.83. The topological polar surface area (TPSA) is 99.3 Å². The maximum absolute atomic E-state index is 13.0. The van der Waals surface area contributed by atoms with Crippen LogP contribution in [0.2, 0.25) is 0 Å². The lowest BCUT2D eigenvalue weighted by molar-refractivity contribution is 0.102. The van der Waals surface area contributed by atoms with Crippen molar-refractivity contribution in [1.82, 2.24) is 25.1 Å². The summed E-state index contributed by atoms with van der Waals surface area (Å²) in [5.74, 6) is 0.588. The highest BCUT2D eigenvalue weighted by molar-refractivity contribution is 6.11. The highest BCUT2D eigenvalue weighted by Gasteiger charge is 2.17. The molecule has 3 aromatic heterocycles. The highest BCUT2D eigenvalue weighted by atomic mass is 16.5. The zero-order chi connectivity index (χ0) is 23.5. The SMILES string of the molecule is CN(C)Cc1cncc(-c2ccc3[nH]nc(C(=O)Nc4ccc(N5CCOCC5)nc4)c3c2)c1. The number of aromatic amines is 1. The molecule has 4 heterocycles. The molecule has 0 unspecified atom stereocenters. The molecule has 9 heteroatoms. The number of carbonyl (C=O) groups is 1. The number of nitrogens with zero attached hydrogens (tertiary/aromatic N) is 5. The monoisotopic (exact) mass is 457 g/mol. The Morgan fingerprint density at radius 3 is 2.71 bits per heavy atom. The van der Waals surface area contributed by atoms with Crippen molar-refractivity contribution in [2.75, 3.05) is 50.6 Å². The second-order valence-corrected chi connectivity index (χ2v) is 8.61. The van der Waals surface area contributed by atoms with Crippen LogP contribution in [-0.2, 0) is 11.3 Å². The lowest BCUT2D eigenvalue weighted by Crippen LogP contribution is -2.36. The predicted molar refractivity (Wildman–Crippen MR) is 132 cm³/mol. The molecule has 4 aromatic rings. The minimum atomic E-state index is -0.288. The lowest BCUT2D eigenvalue weighted by atomic mass is 10.0. The standard InChI is InChI=1S/C25H27N7O2/c1-31(2)16-17-11-19(14-26-13-17)18-3-5-22-21(12-18)24(30-29-22)25(33)28-20-4-6-23(27-15-20)32-7-9-34-10-8-32/h3-6,11-15H,7-10,16H2,1-2H3,(H,28,33)(H,29,30). The molecule has 2 N–H and O–H groups in total. The first-order valence-corrected chi connectivity index (χ1v) is 11.2. The number of amides is 1. The van der Waals surface area contributed by atoms with Crippen molar-refractivity contribution in [2.24, 2.45) is 0 Å². The number of fused-ring (bicyclic) bond motifs is 1. The summed E-state index contributed by atoms with van der Waals surface area (Å²) in [5.41, 5.74) is 4.86. The average Bonchev–Trinajstić information content (AvgIpc) is 3.28. The molecule has 1 fully saturated rings. The number of H-pyrrole nitrogens is 1. The fraction of sp³-hybridized carbons (Fsp3) is 0.280. The van der Waals surface area contributed by atoms with Crippen LogP contribution in [-0.4, -0.2) is 71.4 Å². The van der Waals surface area contributed by atoms with Crippen molar-refractivity contribution >= 4 is 28.3 Å². The van der Waals surface area contributed by atoms with E-state index in [1.165, 1.54) is 0 Å². The number of hydrogen-bond acceptors (Lipinski definition) is 7. The summed E-state index contributed by atoms with van der Waals surface area (Å²) in [6.07, 6.45) is 5.38. The van der Waals surface area contributed by atoms with Gasteiger partial charge >= 0.3 is 0 Å². The van der Waals surface area contributed by atoms with E-state index in [1.54, 1.807) is 6.20 Å². The third kappa shape index (κ3) is 4.75. The van der Waals surface area contributed by atoms with Crippen LogP contribution in [0.5, 0.6) is 0 Å². The highest BCUT2D eigenvalue weighted by Crippen LogP contribution is 2.26. The number of rotatable bonds is 6. The summed E-state index contributed by atoms with van der Waals surface area (Å²) in [6, 6.07) is 11.8. The van der Waals surface area contributed by atoms with Gasteiger partial charge in [-0.05, 0) is 55.6 Å². The van der Waals surface area contributed by atoms with E-state index >= 15 is 0 Å². The summed E-state index contributed by atoms with van der Waals surface area (Å²) < 4.78 is 5.39. The van der Waals surface area contributed by atoms with Crippen LogP contribution in [0.3, 0.4) is 0 Å². The maximum Gasteiger partial charge on any atom is 0.276 e. The number of hydrogen-bond donors (Lipinski definition) is 2. The molecule has 1 aliphatic rings. The van der Waals surface area contributed by atoms with E-state index in [4.69, 9.17) is 4.74 Å². The second-order valence-electron chi connectivity index (χ2n) is 8.61. The molecule has 0 aliphatic carbocycles. The Labute approximate surface area is 197 Å². The van der Waals surface area contributed by atoms with E-state index in [9.17, 15) is 4.79 Å². The first kappa shape index (κ1) is 22.0. The molecule has 0 saturated carbocycles. The predicted octanol–water partition coefficient (Wildman–Crippen LogP) is 3.17. The van der Waals surface area contributed by atoms with Gasteiger partial charge in [-0.15, -0.1) is 0 Å².